The van der Waals surface area contributed by atoms with E-state index in [0.717, 1.165) is 31.6 Å². The first-order valence-corrected chi connectivity index (χ1v) is 8.40. The first kappa shape index (κ1) is 15.7. The van der Waals surface area contributed by atoms with Crippen LogP contribution < -0.4 is 5.32 Å². The van der Waals surface area contributed by atoms with Crippen molar-refractivity contribution in [1.29, 1.82) is 0 Å². The van der Waals surface area contributed by atoms with Crippen molar-refractivity contribution in [3.8, 4) is 0 Å². The molecule has 1 atom stereocenters. The second kappa shape index (κ2) is 6.49. The number of urea groups is 1. The van der Waals surface area contributed by atoms with E-state index in [0.29, 0.717) is 0 Å². The topological polar surface area (TPSA) is 37.3 Å². The molecule has 4 heteroatoms. The summed E-state index contributed by atoms with van der Waals surface area (Å²) in [5.74, 6) is 0. The molecule has 0 unspecified atom stereocenters. The van der Waals surface area contributed by atoms with Crippen LogP contribution in [-0.4, -0.2) is 22.0 Å². The van der Waals surface area contributed by atoms with Gasteiger partial charge in [0.05, 0.1) is 6.04 Å². The number of nitrogens with zero attached hydrogens (tertiary/aromatic N) is 2. The molecule has 122 valence electrons. The van der Waals surface area contributed by atoms with Crippen LogP contribution in [0.5, 0.6) is 0 Å². The minimum absolute atomic E-state index is 0.000784. The molecular weight excluding hydrogens is 286 g/mol. The summed E-state index contributed by atoms with van der Waals surface area (Å²) in [5.41, 5.74) is 4.55. The van der Waals surface area contributed by atoms with Crippen molar-refractivity contribution in [1.82, 2.24) is 9.47 Å². The number of amides is 2. The maximum absolute atomic E-state index is 12.8. The Labute approximate surface area is 138 Å². The Morgan fingerprint density at radius 1 is 1.22 bits per heavy atom. The second-order valence-electron chi connectivity index (χ2n) is 6.35. The monoisotopic (exact) mass is 311 g/mol. The summed E-state index contributed by atoms with van der Waals surface area (Å²) in [6, 6.07) is 10.4. The molecule has 0 radical (unpaired) electrons. The lowest BCUT2D eigenvalue weighted by Gasteiger charge is -2.37. The van der Waals surface area contributed by atoms with Gasteiger partial charge in [0.1, 0.15) is 0 Å². The lowest BCUT2D eigenvalue weighted by molar-refractivity contribution is 0.163. The van der Waals surface area contributed by atoms with Gasteiger partial charge in [0, 0.05) is 30.7 Å². The van der Waals surface area contributed by atoms with Crippen LogP contribution in [-0.2, 0) is 6.54 Å². The van der Waals surface area contributed by atoms with Crippen LogP contribution in [0.15, 0.2) is 36.5 Å². The number of benzene rings is 1. The van der Waals surface area contributed by atoms with Gasteiger partial charge in [0.15, 0.2) is 0 Å². The third kappa shape index (κ3) is 3.11. The van der Waals surface area contributed by atoms with Crippen LogP contribution in [0.4, 0.5) is 10.5 Å². The van der Waals surface area contributed by atoms with Gasteiger partial charge in [-0.2, -0.15) is 0 Å². The Kier molecular flexibility index (Phi) is 4.42. The van der Waals surface area contributed by atoms with Crippen LogP contribution in [0.3, 0.4) is 0 Å². The quantitative estimate of drug-likeness (QED) is 0.890. The molecule has 0 aliphatic carbocycles. The standard InChI is InChI=1S/C19H25N3O/c1-4-6-18-17-7-5-10-21(17)11-12-22(18)19(23)20-16-9-8-14(2)15(3)13-16/h5,7-10,13,18H,4,6,11-12H2,1-3H3,(H,20,23)/t18-/m1/s1. The van der Waals surface area contributed by atoms with E-state index in [9.17, 15) is 4.79 Å². The molecule has 1 aromatic heterocycles. The summed E-state index contributed by atoms with van der Waals surface area (Å²) in [7, 11) is 0. The van der Waals surface area contributed by atoms with E-state index >= 15 is 0 Å². The number of aromatic nitrogens is 1. The van der Waals surface area contributed by atoms with Crippen LogP contribution in [0.25, 0.3) is 0 Å². The summed E-state index contributed by atoms with van der Waals surface area (Å²) < 4.78 is 2.26. The zero-order chi connectivity index (χ0) is 16.4. The summed E-state index contributed by atoms with van der Waals surface area (Å²) in [4.78, 5) is 14.8. The van der Waals surface area contributed by atoms with Gasteiger partial charge in [-0.25, -0.2) is 4.79 Å². The van der Waals surface area contributed by atoms with Gasteiger partial charge in [0.25, 0.3) is 0 Å². The minimum Gasteiger partial charge on any atom is -0.348 e. The first-order valence-electron chi connectivity index (χ1n) is 8.40. The third-order valence-electron chi connectivity index (χ3n) is 4.75. The van der Waals surface area contributed by atoms with E-state index < -0.39 is 0 Å². The normalized spacial score (nSPS) is 17.0. The summed E-state index contributed by atoms with van der Waals surface area (Å²) >= 11 is 0. The van der Waals surface area contributed by atoms with Gasteiger partial charge in [-0.15, -0.1) is 0 Å². The summed E-state index contributed by atoms with van der Waals surface area (Å²) in [6.07, 6.45) is 4.16. The number of anilines is 1. The Hall–Kier alpha value is -2.23. The van der Waals surface area contributed by atoms with Gasteiger partial charge in [-0.05, 0) is 55.7 Å². The lowest BCUT2D eigenvalue weighted by Crippen LogP contribution is -2.44. The highest BCUT2D eigenvalue weighted by molar-refractivity contribution is 5.89. The van der Waals surface area contributed by atoms with Gasteiger partial charge in [-0.3, -0.25) is 0 Å². The van der Waals surface area contributed by atoms with E-state index in [1.54, 1.807) is 0 Å². The van der Waals surface area contributed by atoms with E-state index in [1.165, 1.54) is 16.8 Å². The molecule has 0 saturated heterocycles. The highest BCUT2D eigenvalue weighted by Gasteiger charge is 2.30. The van der Waals surface area contributed by atoms with Gasteiger partial charge < -0.3 is 14.8 Å². The fourth-order valence-corrected chi connectivity index (χ4v) is 3.30. The van der Waals surface area contributed by atoms with Gasteiger partial charge in [-0.1, -0.05) is 19.4 Å². The predicted octanol–water partition coefficient (Wildman–Crippen LogP) is 4.49. The molecule has 0 saturated carbocycles. The van der Waals surface area contributed by atoms with Crippen molar-refractivity contribution in [2.24, 2.45) is 0 Å². The predicted molar refractivity (Wildman–Crippen MR) is 93.7 cm³/mol. The first-order chi connectivity index (χ1) is 11.1. The van der Waals surface area contributed by atoms with E-state index in [4.69, 9.17) is 0 Å². The van der Waals surface area contributed by atoms with Crippen molar-refractivity contribution >= 4 is 11.7 Å². The number of hydrogen-bond acceptors (Lipinski definition) is 1. The highest BCUT2D eigenvalue weighted by Crippen LogP contribution is 2.30. The van der Waals surface area contributed by atoms with Crippen molar-refractivity contribution in [2.75, 3.05) is 11.9 Å². The molecule has 1 aliphatic heterocycles. The van der Waals surface area contributed by atoms with Gasteiger partial charge in [0.2, 0.25) is 0 Å². The zero-order valence-corrected chi connectivity index (χ0v) is 14.2. The average Bonchev–Trinajstić information content (AvgIpc) is 3.00. The zero-order valence-electron chi connectivity index (χ0n) is 14.2. The molecule has 2 aromatic rings. The van der Waals surface area contributed by atoms with Crippen LogP contribution in [0, 0.1) is 13.8 Å². The summed E-state index contributed by atoms with van der Waals surface area (Å²) in [6.45, 7) is 7.93. The summed E-state index contributed by atoms with van der Waals surface area (Å²) in [5, 5.41) is 3.07. The lowest BCUT2D eigenvalue weighted by atomic mass is 10.0. The van der Waals surface area contributed by atoms with Crippen LogP contribution >= 0.6 is 0 Å². The molecule has 2 amide bonds. The molecule has 1 N–H and O–H groups in total. The Morgan fingerprint density at radius 3 is 2.78 bits per heavy atom. The number of fused-ring (bicyclic) bond motifs is 1. The average molecular weight is 311 g/mol. The van der Waals surface area contributed by atoms with Crippen LogP contribution in [0.1, 0.15) is 42.6 Å². The second-order valence-corrected chi connectivity index (χ2v) is 6.35. The number of nitrogens with one attached hydrogen (secondary N) is 1. The van der Waals surface area contributed by atoms with E-state index in [2.05, 4.69) is 55.1 Å². The Bertz CT molecular complexity index is 704. The molecule has 1 aromatic carbocycles. The van der Waals surface area contributed by atoms with E-state index in [1.807, 2.05) is 17.0 Å². The van der Waals surface area contributed by atoms with Crippen molar-refractivity contribution in [2.45, 2.75) is 46.2 Å². The van der Waals surface area contributed by atoms with Crippen molar-refractivity contribution in [3.05, 3.63) is 53.3 Å². The molecule has 1 aliphatic rings. The fourth-order valence-electron chi connectivity index (χ4n) is 3.30. The van der Waals surface area contributed by atoms with Crippen LogP contribution in [0.2, 0.25) is 0 Å². The van der Waals surface area contributed by atoms with Crippen molar-refractivity contribution < 1.29 is 4.79 Å². The molecule has 3 rings (SSSR count). The molecule has 0 bridgehead atoms. The number of aryl methyl sites for hydroxylation is 2. The molecule has 2 heterocycles. The largest absolute Gasteiger partial charge is 0.348 e. The Morgan fingerprint density at radius 2 is 2.04 bits per heavy atom. The molecule has 23 heavy (non-hydrogen) atoms. The molecule has 4 nitrogen and oxygen atoms in total. The number of carbonyl (C=O) groups excluding carboxylic acids is 1. The van der Waals surface area contributed by atoms with Crippen molar-refractivity contribution in [3.63, 3.8) is 0 Å². The Balaban J connectivity index is 1.79. The van der Waals surface area contributed by atoms with E-state index in [-0.39, 0.29) is 12.1 Å². The maximum Gasteiger partial charge on any atom is 0.322 e. The molecule has 0 fully saturated rings. The van der Waals surface area contributed by atoms with Gasteiger partial charge >= 0.3 is 6.03 Å². The maximum atomic E-state index is 12.8. The number of hydrogen-bond donors (Lipinski definition) is 1. The number of carbonyl (C=O) groups is 1. The number of rotatable bonds is 3. The highest BCUT2D eigenvalue weighted by atomic mass is 16.2. The SMILES string of the molecule is CCC[C@@H]1c2cccn2CCN1C(=O)Nc1ccc(C)c(C)c1. The minimum atomic E-state index is -0.000784. The molecular formula is C19H25N3O. The third-order valence-corrected chi connectivity index (χ3v) is 4.75. The molecule has 0 spiro atoms. The smallest absolute Gasteiger partial charge is 0.322 e. The fraction of sp³-hybridized carbons (Fsp3) is 0.421.